The number of aromatic nitrogens is 4. The molecule has 2 aromatic heterocycles. The summed E-state index contributed by atoms with van der Waals surface area (Å²) in [7, 11) is 2.04. The van der Waals surface area contributed by atoms with Crippen molar-refractivity contribution in [2.24, 2.45) is 0 Å². The van der Waals surface area contributed by atoms with E-state index in [1.807, 2.05) is 43.7 Å². The number of likely N-dealkylation sites (N-methyl/N-ethyl adjacent to an activating group) is 1. The van der Waals surface area contributed by atoms with E-state index in [1.165, 1.54) is 19.3 Å². The quantitative estimate of drug-likeness (QED) is 0.576. The summed E-state index contributed by atoms with van der Waals surface area (Å²) in [5.74, 6) is 0.468. The Hall–Kier alpha value is -3.00. The van der Waals surface area contributed by atoms with Gasteiger partial charge in [0.15, 0.2) is 5.65 Å². The Bertz CT molecular complexity index is 1010. The first kappa shape index (κ1) is 21.2. The maximum atomic E-state index is 12.3. The number of nitrogens with zero attached hydrogens (tertiary/aromatic N) is 5. The van der Waals surface area contributed by atoms with Crippen LogP contribution in [0.5, 0.6) is 0 Å². The standard InChI is InChI=1S/C23H31N7O/c1-3-29(2)14-13-24-22(31)17-9-11-19(12-10-17)27-23-25-15-18-16-26-30(21(18)28-23)20-7-5-4-6-8-20/h9-12,15-16,20H,3-8,13-14H2,1-2H3,(H,24,31)(H,25,27,28). The molecule has 0 saturated heterocycles. The Balaban J connectivity index is 1.41. The van der Waals surface area contributed by atoms with Crippen LogP contribution in [0.15, 0.2) is 36.7 Å². The van der Waals surface area contributed by atoms with Gasteiger partial charge in [-0.05, 0) is 50.7 Å². The van der Waals surface area contributed by atoms with Crippen LogP contribution in [0.1, 0.15) is 55.4 Å². The number of hydrogen-bond donors (Lipinski definition) is 2. The summed E-state index contributed by atoms with van der Waals surface area (Å²) in [6, 6.07) is 7.79. The molecule has 0 atom stereocenters. The molecule has 31 heavy (non-hydrogen) atoms. The average molecular weight is 422 g/mol. The fourth-order valence-electron chi connectivity index (χ4n) is 3.94. The van der Waals surface area contributed by atoms with E-state index in [2.05, 4.69) is 37.2 Å². The summed E-state index contributed by atoms with van der Waals surface area (Å²) in [6.07, 6.45) is 9.77. The Labute approximate surface area is 183 Å². The number of amides is 1. The molecule has 1 fully saturated rings. The van der Waals surface area contributed by atoms with Crippen LogP contribution >= 0.6 is 0 Å². The zero-order valence-electron chi connectivity index (χ0n) is 18.3. The molecule has 3 aromatic rings. The molecule has 1 amide bonds. The smallest absolute Gasteiger partial charge is 0.251 e. The molecule has 2 N–H and O–H groups in total. The van der Waals surface area contributed by atoms with Crippen LogP contribution in [0, 0.1) is 0 Å². The summed E-state index contributed by atoms with van der Waals surface area (Å²) in [6.45, 7) is 4.52. The number of hydrogen-bond acceptors (Lipinski definition) is 6. The third-order valence-electron chi connectivity index (χ3n) is 5.98. The minimum absolute atomic E-state index is 0.0647. The van der Waals surface area contributed by atoms with Crippen molar-refractivity contribution >= 4 is 28.6 Å². The van der Waals surface area contributed by atoms with E-state index in [0.29, 0.717) is 24.1 Å². The van der Waals surface area contributed by atoms with E-state index in [0.717, 1.165) is 42.7 Å². The molecule has 0 radical (unpaired) electrons. The number of fused-ring (bicyclic) bond motifs is 1. The number of carbonyl (C=O) groups is 1. The van der Waals surface area contributed by atoms with E-state index < -0.39 is 0 Å². The van der Waals surface area contributed by atoms with Gasteiger partial charge >= 0.3 is 0 Å². The van der Waals surface area contributed by atoms with Crippen molar-refractivity contribution in [1.82, 2.24) is 30.0 Å². The zero-order chi connectivity index (χ0) is 21.6. The second-order valence-electron chi connectivity index (χ2n) is 8.21. The SMILES string of the molecule is CCN(C)CCNC(=O)c1ccc(Nc2ncc3cnn(C4CCCCC4)c3n2)cc1. The molecule has 8 heteroatoms. The lowest BCUT2D eigenvalue weighted by molar-refractivity contribution is 0.0950. The van der Waals surface area contributed by atoms with Crippen molar-refractivity contribution in [3.8, 4) is 0 Å². The average Bonchev–Trinajstić information content (AvgIpc) is 3.23. The lowest BCUT2D eigenvalue weighted by Crippen LogP contribution is -2.32. The van der Waals surface area contributed by atoms with Crippen molar-refractivity contribution < 1.29 is 4.79 Å². The van der Waals surface area contributed by atoms with Crippen LogP contribution in [-0.4, -0.2) is 57.2 Å². The van der Waals surface area contributed by atoms with E-state index >= 15 is 0 Å². The lowest BCUT2D eigenvalue weighted by Gasteiger charge is -2.22. The number of benzene rings is 1. The van der Waals surface area contributed by atoms with Gasteiger partial charge in [0, 0.05) is 30.5 Å². The highest BCUT2D eigenvalue weighted by molar-refractivity contribution is 5.94. The number of nitrogens with one attached hydrogen (secondary N) is 2. The van der Waals surface area contributed by atoms with Crippen molar-refractivity contribution in [3.63, 3.8) is 0 Å². The van der Waals surface area contributed by atoms with Gasteiger partial charge in [0.25, 0.3) is 5.91 Å². The molecule has 164 valence electrons. The summed E-state index contributed by atoms with van der Waals surface area (Å²) in [4.78, 5) is 23.6. The maximum Gasteiger partial charge on any atom is 0.251 e. The predicted molar refractivity (Wildman–Crippen MR) is 123 cm³/mol. The molecule has 0 spiro atoms. The minimum atomic E-state index is -0.0647. The molecule has 2 heterocycles. The second kappa shape index (κ2) is 9.87. The molecule has 4 rings (SSSR count). The van der Waals surface area contributed by atoms with Crippen LogP contribution in [0.4, 0.5) is 11.6 Å². The molecule has 1 aliphatic carbocycles. The largest absolute Gasteiger partial charge is 0.351 e. The molecular formula is C23H31N7O. The van der Waals surface area contributed by atoms with E-state index in [9.17, 15) is 4.79 Å². The Morgan fingerprint density at radius 1 is 1.16 bits per heavy atom. The first-order chi connectivity index (χ1) is 15.1. The molecule has 1 aromatic carbocycles. The molecule has 0 bridgehead atoms. The van der Waals surface area contributed by atoms with Crippen molar-refractivity contribution in [1.29, 1.82) is 0 Å². The second-order valence-corrected chi connectivity index (χ2v) is 8.21. The van der Waals surface area contributed by atoms with Gasteiger partial charge in [0.1, 0.15) is 0 Å². The van der Waals surface area contributed by atoms with Gasteiger partial charge in [-0.3, -0.25) is 4.79 Å². The van der Waals surface area contributed by atoms with Gasteiger partial charge < -0.3 is 15.5 Å². The van der Waals surface area contributed by atoms with Crippen LogP contribution in [-0.2, 0) is 0 Å². The fourth-order valence-corrected chi connectivity index (χ4v) is 3.94. The van der Waals surface area contributed by atoms with Gasteiger partial charge in [-0.2, -0.15) is 10.1 Å². The van der Waals surface area contributed by atoms with Crippen LogP contribution < -0.4 is 10.6 Å². The first-order valence-corrected chi connectivity index (χ1v) is 11.2. The van der Waals surface area contributed by atoms with Gasteiger partial charge in [0.05, 0.1) is 17.6 Å². The Kier molecular flexibility index (Phi) is 6.76. The number of carbonyl (C=O) groups excluding carboxylic acids is 1. The molecule has 0 aliphatic heterocycles. The normalized spacial score (nSPS) is 14.8. The lowest BCUT2D eigenvalue weighted by atomic mass is 9.96. The van der Waals surface area contributed by atoms with E-state index in [4.69, 9.17) is 4.98 Å². The van der Waals surface area contributed by atoms with Crippen LogP contribution in [0.25, 0.3) is 11.0 Å². The maximum absolute atomic E-state index is 12.3. The molecule has 1 saturated carbocycles. The first-order valence-electron chi connectivity index (χ1n) is 11.2. The minimum Gasteiger partial charge on any atom is -0.351 e. The molecule has 0 unspecified atom stereocenters. The third kappa shape index (κ3) is 5.19. The summed E-state index contributed by atoms with van der Waals surface area (Å²) >= 11 is 0. The van der Waals surface area contributed by atoms with Crippen LogP contribution in [0.2, 0.25) is 0 Å². The monoisotopic (exact) mass is 421 g/mol. The van der Waals surface area contributed by atoms with Gasteiger partial charge in [-0.25, -0.2) is 9.67 Å². The van der Waals surface area contributed by atoms with E-state index in [-0.39, 0.29) is 5.91 Å². The summed E-state index contributed by atoms with van der Waals surface area (Å²) in [5, 5.41) is 11.7. The highest BCUT2D eigenvalue weighted by Gasteiger charge is 2.19. The molecule has 1 aliphatic rings. The molecular weight excluding hydrogens is 390 g/mol. The van der Waals surface area contributed by atoms with E-state index in [1.54, 1.807) is 0 Å². The topological polar surface area (TPSA) is 88.0 Å². The fraction of sp³-hybridized carbons (Fsp3) is 0.478. The Morgan fingerprint density at radius 2 is 1.94 bits per heavy atom. The van der Waals surface area contributed by atoms with Gasteiger partial charge in [0.2, 0.25) is 5.95 Å². The number of anilines is 2. The third-order valence-corrected chi connectivity index (χ3v) is 5.98. The summed E-state index contributed by atoms with van der Waals surface area (Å²) < 4.78 is 2.06. The summed E-state index contributed by atoms with van der Waals surface area (Å²) in [5.41, 5.74) is 2.35. The van der Waals surface area contributed by atoms with Crippen LogP contribution in [0.3, 0.4) is 0 Å². The van der Waals surface area contributed by atoms with Crippen molar-refractivity contribution in [2.75, 3.05) is 32.0 Å². The predicted octanol–water partition coefficient (Wildman–Crippen LogP) is 3.76. The van der Waals surface area contributed by atoms with Crippen molar-refractivity contribution in [2.45, 2.75) is 45.1 Å². The number of rotatable bonds is 8. The highest BCUT2D eigenvalue weighted by Crippen LogP contribution is 2.30. The molecule has 8 nitrogen and oxygen atoms in total. The van der Waals surface area contributed by atoms with Crippen molar-refractivity contribution in [3.05, 3.63) is 42.2 Å². The zero-order valence-corrected chi connectivity index (χ0v) is 18.3. The van der Waals surface area contributed by atoms with Gasteiger partial charge in [-0.15, -0.1) is 0 Å². The Morgan fingerprint density at radius 3 is 2.68 bits per heavy atom. The van der Waals surface area contributed by atoms with Gasteiger partial charge in [-0.1, -0.05) is 26.2 Å². The highest BCUT2D eigenvalue weighted by atomic mass is 16.1.